The Morgan fingerprint density at radius 2 is 1.95 bits per heavy atom. The first-order valence-electron chi connectivity index (χ1n) is 8.59. The number of carbonyl (C=O) groups is 1. The molecule has 124 valence electrons. The Hall–Kier alpha value is -0.610. The average Bonchev–Trinajstić information content (AvgIpc) is 2.69. The molecule has 1 saturated heterocycles. The Labute approximate surface area is 131 Å². The van der Waals surface area contributed by atoms with Gasteiger partial charge in [-0.15, -0.1) is 0 Å². The van der Waals surface area contributed by atoms with Crippen molar-refractivity contribution in [3.8, 4) is 0 Å². The van der Waals surface area contributed by atoms with Crippen LogP contribution in [0.3, 0.4) is 0 Å². The van der Waals surface area contributed by atoms with Crippen molar-refractivity contribution in [3.63, 3.8) is 0 Å². The number of hydrogen-bond donors (Lipinski definition) is 1. The fraction of sp³-hybridized carbons (Fsp3) is 0.941. The van der Waals surface area contributed by atoms with Gasteiger partial charge < -0.3 is 9.80 Å². The number of rotatable bonds is 9. The van der Waals surface area contributed by atoms with Gasteiger partial charge in [-0.25, -0.2) is 0 Å². The van der Waals surface area contributed by atoms with Gasteiger partial charge in [0.1, 0.15) is 0 Å². The highest BCUT2D eigenvalue weighted by Crippen LogP contribution is 2.24. The maximum atomic E-state index is 12.7. The molecular formula is C17H35N3O. The van der Waals surface area contributed by atoms with Crippen LogP contribution < -0.4 is 5.32 Å². The number of nitrogens with one attached hydrogen (secondary N) is 1. The predicted octanol–water partition coefficient (Wildman–Crippen LogP) is 2.69. The van der Waals surface area contributed by atoms with Crippen LogP contribution in [0.25, 0.3) is 0 Å². The van der Waals surface area contributed by atoms with E-state index in [9.17, 15) is 4.79 Å². The molecule has 1 heterocycles. The summed E-state index contributed by atoms with van der Waals surface area (Å²) < 4.78 is 0. The third-order valence-electron chi connectivity index (χ3n) is 4.29. The van der Waals surface area contributed by atoms with Crippen molar-refractivity contribution in [2.75, 3.05) is 20.6 Å². The van der Waals surface area contributed by atoms with E-state index in [1.807, 2.05) is 0 Å². The van der Waals surface area contributed by atoms with E-state index in [4.69, 9.17) is 0 Å². The molecule has 1 aliphatic heterocycles. The zero-order valence-electron chi connectivity index (χ0n) is 14.9. The zero-order valence-corrected chi connectivity index (χ0v) is 14.9. The lowest BCUT2D eigenvalue weighted by Crippen LogP contribution is -2.44. The van der Waals surface area contributed by atoms with Crippen LogP contribution in [-0.2, 0) is 4.79 Å². The Morgan fingerprint density at radius 1 is 1.29 bits per heavy atom. The fourth-order valence-corrected chi connectivity index (χ4v) is 3.07. The highest BCUT2D eigenvalue weighted by Gasteiger charge is 2.40. The summed E-state index contributed by atoms with van der Waals surface area (Å²) in [7, 11) is 4.18. The Bertz CT molecular complexity index is 317. The van der Waals surface area contributed by atoms with Crippen LogP contribution in [0.4, 0.5) is 0 Å². The molecule has 0 spiro atoms. The first-order valence-corrected chi connectivity index (χ1v) is 8.59. The second-order valence-electron chi connectivity index (χ2n) is 7.19. The largest absolute Gasteiger partial charge is 0.323 e. The smallest absolute Gasteiger partial charge is 0.241 e. The highest BCUT2D eigenvalue weighted by atomic mass is 16.2. The molecule has 1 fully saturated rings. The quantitative estimate of drug-likeness (QED) is 0.711. The lowest BCUT2D eigenvalue weighted by molar-refractivity contribution is -0.132. The molecule has 1 amide bonds. The summed E-state index contributed by atoms with van der Waals surface area (Å²) in [5, 5.41) is 3.59. The Kier molecular flexibility index (Phi) is 7.67. The van der Waals surface area contributed by atoms with Crippen molar-refractivity contribution < 1.29 is 4.79 Å². The summed E-state index contributed by atoms with van der Waals surface area (Å²) in [4.78, 5) is 17.1. The van der Waals surface area contributed by atoms with Gasteiger partial charge in [0.15, 0.2) is 0 Å². The lowest BCUT2D eigenvalue weighted by Gasteiger charge is -2.32. The van der Waals surface area contributed by atoms with E-state index >= 15 is 0 Å². The van der Waals surface area contributed by atoms with E-state index in [-0.39, 0.29) is 12.2 Å². The Balaban J connectivity index is 2.71. The van der Waals surface area contributed by atoms with Gasteiger partial charge in [-0.05, 0) is 52.7 Å². The van der Waals surface area contributed by atoms with Crippen LogP contribution in [0, 0.1) is 5.92 Å². The SMILES string of the molecule is CCCCC1NC(CC(C)C)N(C(C)CCN(C)C)C1=O. The van der Waals surface area contributed by atoms with Gasteiger partial charge in [-0.2, -0.15) is 0 Å². The van der Waals surface area contributed by atoms with E-state index in [1.165, 1.54) is 0 Å². The molecule has 4 heteroatoms. The number of hydrogen-bond acceptors (Lipinski definition) is 3. The van der Waals surface area contributed by atoms with E-state index < -0.39 is 0 Å². The van der Waals surface area contributed by atoms with Crippen molar-refractivity contribution >= 4 is 5.91 Å². The van der Waals surface area contributed by atoms with Crippen molar-refractivity contribution in [2.24, 2.45) is 5.92 Å². The van der Waals surface area contributed by atoms with Gasteiger partial charge in [0, 0.05) is 6.04 Å². The predicted molar refractivity (Wildman–Crippen MR) is 89.2 cm³/mol. The monoisotopic (exact) mass is 297 g/mol. The van der Waals surface area contributed by atoms with Crippen LogP contribution in [0.15, 0.2) is 0 Å². The van der Waals surface area contributed by atoms with Gasteiger partial charge >= 0.3 is 0 Å². The standard InChI is InChI=1S/C17H35N3O/c1-7-8-9-15-17(21)20(14(4)10-11-19(5)6)16(18-15)12-13(2)3/h13-16,18H,7-12H2,1-6H3. The molecule has 0 saturated carbocycles. The first-order chi connectivity index (χ1) is 9.86. The molecule has 0 radical (unpaired) electrons. The lowest BCUT2D eigenvalue weighted by atomic mass is 10.1. The summed E-state index contributed by atoms with van der Waals surface area (Å²) in [5.41, 5.74) is 0. The highest BCUT2D eigenvalue weighted by molar-refractivity contribution is 5.84. The molecular weight excluding hydrogens is 262 g/mol. The average molecular weight is 297 g/mol. The van der Waals surface area contributed by atoms with Crippen LogP contribution in [0.1, 0.15) is 59.8 Å². The second-order valence-corrected chi connectivity index (χ2v) is 7.19. The van der Waals surface area contributed by atoms with E-state index in [0.717, 1.165) is 38.6 Å². The summed E-state index contributed by atoms with van der Waals surface area (Å²) >= 11 is 0. The summed E-state index contributed by atoms with van der Waals surface area (Å²) in [6.45, 7) is 9.86. The van der Waals surface area contributed by atoms with Gasteiger partial charge in [0.2, 0.25) is 5.91 Å². The van der Waals surface area contributed by atoms with Gasteiger partial charge in [0.05, 0.1) is 12.2 Å². The third kappa shape index (κ3) is 5.59. The molecule has 21 heavy (non-hydrogen) atoms. The minimum atomic E-state index is 0.0375. The van der Waals surface area contributed by atoms with Crippen molar-refractivity contribution in [2.45, 2.75) is 78.0 Å². The van der Waals surface area contributed by atoms with Crippen LogP contribution >= 0.6 is 0 Å². The van der Waals surface area contributed by atoms with Crippen LogP contribution in [0.5, 0.6) is 0 Å². The molecule has 0 aromatic rings. The number of nitrogens with zero attached hydrogens (tertiary/aromatic N) is 2. The van der Waals surface area contributed by atoms with E-state index in [1.54, 1.807) is 0 Å². The number of amides is 1. The van der Waals surface area contributed by atoms with E-state index in [0.29, 0.717) is 17.9 Å². The van der Waals surface area contributed by atoms with E-state index in [2.05, 4.69) is 56.9 Å². The number of unbranched alkanes of at least 4 members (excludes halogenated alkanes) is 1. The first kappa shape index (κ1) is 18.4. The maximum absolute atomic E-state index is 12.7. The topological polar surface area (TPSA) is 35.6 Å². The third-order valence-corrected chi connectivity index (χ3v) is 4.29. The van der Waals surface area contributed by atoms with Crippen LogP contribution in [0.2, 0.25) is 0 Å². The fourth-order valence-electron chi connectivity index (χ4n) is 3.07. The van der Waals surface area contributed by atoms with Crippen molar-refractivity contribution in [1.29, 1.82) is 0 Å². The molecule has 3 atom stereocenters. The zero-order chi connectivity index (χ0) is 16.0. The summed E-state index contributed by atoms with van der Waals surface area (Å²) in [5.74, 6) is 0.920. The molecule has 1 aliphatic rings. The Morgan fingerprint density at radius 3 is 2.48 bits per heavy atom. The molecule has 0 aliphatic carbocycles. The molecule has 4 nitrogen and oxygen atoms in total. The minimum absolute atomic E-state index is 0.0375. The maximum Gasteiger partial charge on any atom is 0.241 e. The van der Waals surface area contributed by atoms with Crippen LogP contribution in [-0.4, -0.2) is 54.6 Å². The molecule has 1 rings (SSSR count). The van der Waals surface area contributed by atoms with Gasteiger partial charge in [-0.1, -0.05) is 33.6 Å². The second kappa shape index (κ2) is 8.74. The van der Waals surface area contributed by atoms with Crippen molar-refractivity contribution in [3.05, 3.63) is 0 Å². The van der Waals surface area contributed by atoms with Gasteiger partial charge in [-0.3, -0.25) is 10.1 Å². The molecule has 0 aromatic carbocycles. The minimum Gasteiger partial charge on any atom is -0.323 e. The molecule has 0 bridgehead atoms. The molecule has 1 N–H and O–H groups in total. The normalized spacial score (nSPS) is 24.4. The van der Waals surface area contributed by atoms with Gasteiger partial charge in [0.25, 0.3) is 0 Å². The summed E-state index contributed by atoms with van der Waals surface area (Å²) in [6.07, 6.45) is 5.54. The van der Waals surface area contributed by atoms with Crippen molar-refractivity contribution in [1.82, 2.24) is 15.1 Å². The number of carbonyl (C=O) groups excluding carboxylic acids is 1. The molecule has 0 aromatic heterocycles. The summed E-state index contributed by atoms with van der Waals surface area (Å²) in [6, 6.07) is 0.346. The molecule has 3 unspecified atom stereocenters.